The molecule has 1 aliphatic carbocycles. The summed E-state index contributed by atoms with van der Waals surface area (Å²) in [6, 6.07) is 0. The fraction of sp³-hybridized carbons (Fsp3) is 0.875. The van der Waals surface area contributed by atoms with E-state index in [1.807, 2.05) is 6.92 Å². The third-order valence-electron chi connectivity index (χ3n) is 2.47. The van der Waals surface area contributed by atoms with Crippen molar-refractivity contribution in [1.29, 1.82) is 0 Å². The van der Waals surface area contributed by atoms with Crippen molar-refractivity contribution in [3.63, 3.8) is 0 Å². The minimum absolute atomic E-state index is 0. The van der Waals surface area contributed by atoms with E-state index in [9.17, 15) is 4.79 Å². The van der Waals surface area contributed by atoms with E-state index in [2.05, 4.69) is 0 Å². The van der Waals surface area contributed by atoms with Gasteiger partial charge in [0.1, 0.15) is 0 Å². The van der Waals surface area contributed by atoms with E-state index < -0.39 is 11.4 Å². The molecule has 0 aromatic rings. The summed E-state index contributed by atoms with van der Waals surface area (Å²) in [6.07, 6.45) is 5.11. The van der Waals surface area contributed by atoms with E-state index in [-0.39, 0.29) is 19.5 Å². The SMILES string of the molecule is CC1(C(=O)O)CCCCC1.[Zn]. The minimum atomic E-state index is -0.618. The Morgan fingerprint density at radius 2 is 1.73 bits per heavy atom. The van der Waals surface area contributed by atoms with Gasteiger partial charge in [-0.3, -0.25) is 4.79 Å². The van der Waals surface area contributed by atoms with Crippen LogP contribution in [0.3, 0.4) is 0 Å². The van der Waals surface area contributed by atoms with Gasteiger partial charge >= 0.3 is 5.97 Å². The molecule has 0 saturated heterocycles. The van der Waals surface area contributed by atoms with Gasteiger partial charge in [-0.1, -0.05) is 19.3 Å². The first-order valence-electron chi connectivity index (χ1n) is 3.88. The second-order valence-corrected chi connectivity index (χ2v) is 3.43. The first kappa shape index (κ1) is 11.1. The fourth-order valence-corrected chi connectivity index (χ4v) is 1.55. The standard InChI is InChI=1S/C8H14O2.Zn/c1-8(7(9)10)5-3-2-4-6-8;/h2-6H2,1H3,(H,9,10);. The Bertz CT molecular complexity index is 139. The summed E-state index contributed by atoms with van der Waals surface area (Å²) in [4.78, 5) is 10.7. The first-order valence-corrected chi connectivity index (χ1v) is 3.88. The molecule has 1 aliphatic rings. The van der Waals surface area contributed by atoms with E-state index in [4.69, 9.17) is 5.11 Å². The fourth-order valence-electron chi connectivity index (χ4n) is 1.55. The van der Waals surface area contributed by atoms with Crippen LogP contribution in [0.25, 0.3) is 0 Å². The van der Waals surface area contributed by atoms with Crippen LogP contribution >= 0.6 is 0 Å². The van der Waals surface area contributed by atoms with Crippen LogP contribution in [0.1, 0.15) is 39.0 Å². The summed E-state index contributed by atoms with van der Waals surface area (Å²) >= 11 is 0. The normalized spacial score (nSPS) is 21.9. The van der Waals surface area contributed by atoms with Crippen molar-refractivity contribution < 1.29 is 29.4 Å². The van der Waals surface area contributed by atoms with Gasteiger partial charge in [-0.15, -0.1) is 0 Å². The number of aliphatic carboxylic acids is 1. The molecule has 0 heterocycles. The van der Waals surface area contributed by atoms with E-state index in [1.165, 1.54) is 6.42 Å². The molecule has 0 aliphatic heterocycles. The van der Waals surface area contributed by atoms with Crippen molar-refractivity contribution in [3.8, 4) is 0 Å². The molecular weight excluding hydrogens is 193 g/mol. The summed E-state index contributed by atoms with van der Waals surface area (Å²) in [5.41, 5.74) is -0.405. The Morgan fingerprint density at radius 3 is 2.00 bits per heavy atom. The maximum atomic E-state index is 10.7. The van der Waals surface area contributed by atoms with Crippen molar-refractivity contribution in [3.05, 3.63) is 0 Å². The van der Waals surface area contributed by atoms with Crippen LogP contribution in [-0.2, 0) is 24.3 Å². The van der Waals surface area contributed by atoms with Crippen LogP contribution < -0.4 is 0 Å². The van der Waals surface area contributed by atoms with Gasteiger partial charge in [0, 0.05) is 19.5 Å². The average Bonchev–Trinajstić information content (AvgIpc) is 1.89. The van der Waals surface area contributed by atoms with Crippen molar-refractivity contribution >= 4 is 5.97 Å². The monoisotopic (exact) mass is 206 g/mol. The number of carboxylic acid groups (broad SMARTS) is 1. The van der Waals surface area contributed by atoms with Gasteiger partial charge in [-0.25, -0.2) is 0 Å². The third kappa shape index (κ3) is 2.55. The predicted molar refractivity (Wildman–Crippen MR) is 38.8 cm³/mol. The number of hydrogen-bond acceptors (Lipinski definition) is 1. The molecule has 2 nitrogen and oxygen atoms in total. The van der Waals surface area contributed by atoms with E-state index in [0.29, 0.717) is 0 Å². The van der Waals surface area contributed by atoms with Gasteiger partial charge in [0.15, 0.2) is 0 Å². The van der Waals surface area contributed by atoms with Gasteiger partial charge in [0.25, 0.3) is 0 Å². The zero-order valence-corrected chi connectivity index (χ0v) is 10.1. The van der Waals surface area contributed by atoms with Crippen molar-refractivity contribution in [2.24, 2.45) is 5.41 Å². The zero-order chi connectivity index (χ0) is 7.61. The minimum Gasteiger partial charge on any atom is -0.481 e. The molecule has 1 fully saturated rings. The Morgan fingerprint density at radius 1 is 1.27 bits per heavy atom. The molecule has 1 N–H and O–H groups in total. The molecule has 1 rings (SSSR count). The quantitative estimate of drug-likeness (QED) is 0.668. The van der Waals surface area contributed by atoms with E-state index in [1.54, 1.807) is 0 Å². The van der Waals surface area contributed by atoms with Crippen LogP contribution in [0.15, 0.2) is 0 Å². The molecule has 0 aromatic carbocycles. The van der Waals surface area contributed by atoms with Crippen molar-refractivity contribution in [1.82, 2.24) is 0 Å². The van der Waals surface area contributed by atoms with Gasteiger partial charge in [-0.05, 0) is 19.8 Å². The number of carbonyl (C=O) groups is 1. The van der Waals surface area contributed by atoms with Crippen LogP contribution in [0.2, 0.25) is 0 Å². The van der Waals surface area contributed by atoms with Gasteiger partial charge in [0.05, 0.1) is 5.41 Å². The predicted octanol–water partition coefficient (Wildman–Crippen LogP) is 2.04. The molecule has 0 spiro atoms. The molecule has 0 unspecified atom stereocenters. The van der Waals surface area contributed by atoms with E-state index >= 15 is 0 Å². The first-order chi connectivity index (χ1) is 4.65. The molecule has 0 aromatic heterocycles. The summed E-state index contributed by atoms with van der Waals surface area (Å²) in [5, 5.41) is 8.80. The summed E-state index contributed by atoms with van der Waals surface area (Å²) in [6.45, 7) is 1.86. The Labute approximate surface area is 80.1 Å². The van der Waals surface area contributed by atoms with Crippen molar-refractivity contribution in [2.45, 2.75) is 39.0 Å². The summed E-state index contributed by atoms with van der Waals surface area (Å²) in [7, 11) is 0. The molecule has 11 heavy (non-hydrogen) atoms. The Kier molecular flexibility index (Phi) is 4.24. The van der Waals surface area contributed by atoms with Crippen LogP contribution in [-0.4, -0.2) is 11.1 Å². The Hall–Kier alpha value is 0.0934. The van der Waals surface area contributed by atoms with Crippen LogP contribution in [0, 0.1) is 5.41 Å². The molecule has 1 saturated carbocycles. The third-order valence-corrected chi connectivity index (χ3v) is 2.47. The second kappa shape index (κ2) is 4.20. The molecule has 0 bridgehead atoms. The second-order valence-electron chi connectivity index (χ2n) is 3.43. The van der Waals surface area contributed by atoms with Crippen LogP contribution in [0.4, 0.5) is 0 Å². The number of rotatable bonds is 1. The van der Waals surface area contributed by atoms with E-state index in [0.717, 1.165) is 25.7 Å². The largest absolute Gasteiger partial charge is 0.481 e. The number of hydrogen-bond donors (Lipinski definition) is 1. The topological polar surface area (TPSA) is 37.3 Å². The maximum absolute atomic E-state index is 10.7. The summed E-state index contributed by atoms with van der Waals surface area (Å²) < 4.78 is 0. The zero-order valence-electron chi connectivity index (χ0n) is 7.10. The molecule has 0 amide bonds. The molecular formula is C8H14O2Zn. The summed E-state index contributed by atoms with van der Waals surface area (Å²) in [5.74, 6) is -0.618. The van der Waals surface area contributed by atoms with Crippen molar-refractivity contribution in [2.75, 3.05) is 0 Å². The molecule has 0 atom stereocenters. The van der Waals surface area contributed by atoms with Gasteiger partial charge in [-0.2, -0.15) is 0 Å². The molecule has 3 heteroatoms. The van der Waals surface area contributed by atoms with Crippen LogP contribution in [0.5, 0.6) is 0 Å². The Balaban J connectivity index is 0.000001000. The number of carboxylic acids is 1. The molecule has 60 valence electrons. The van der Waals surface area contributed by atoms with Gasteiger partial charge < -0.3 is 5.11 Å². The van der Waals surface area contributed by atoms with Gasteiger partial charge in [0.2, 0.25) is 0 Å². The maximum Gasteiger partial charge on any atom is 0.309 e. The average molecular weight is 208 g/mol. The smallest absolute Gasteiger partial charge is 0.309 e. The molecule has 0 radical (unpaired) electrons.